The van der Waals surface area contributed by atoms with Crippen LogP contribution in [0.5, 0.6) is 5.75 Å². The summed E-state index contributed by atoms with van der Waals surface area (Å²) in [5.41, 5.74) is 1.57. The number of amides is 2. The van der Waals surface area contributed by atoms with E-state index in [9.17, 15) is 9.59 Å². The SMILES string of the molecule is CC(C)CCN1CC(=O)NCCCCCOc2cccc(C(=O)NC3CCCC3)c2C1. The second-order valence-electron chi connectivity index (χ2n) is 9.39. The van der Waals surface area contributed by atoms with E-state index in [4.69, 9.17) is 4.74 Å². The highest BCUT2D eigenvalue weighted by atomic mass is 16.5. The molecule has 0 aromatic heterocycles. The molecule has 6 nitrogen and oxygen atoms in total. The van der Waals surface area contributed by atoms with Crippen LogP contribution in [0.2, 0.25) is 0 Å². The number of benzene rings is 1. The van der Waals surface area contributed by atoms with Gasteiger partial charge in [-0.05, 0) is 63.1 Å². The van der Waals surface area contributed by atoms with Gasteiger partial charge in [0.1, 0.15) is 5.75 Å². The van der Waals surface area contributed by atoms with E-state index in [1.54, 1.807) is 0 Å². The molecule has 1 aliphatic heterocycles. The molecule has 1 aromatic rings. The molecule has 3 rings (SSSR count). The van der Waals surface area contributed by atoms with Crippen molar-refractivity contribution in [2.75, 3.05) is 26.2 Å². The Bertz CT molecular complexity index is 729. The predicted octanol–water partition coefficient (Wildman–Crippen LogP) is 3.89. The fraction of sp³-hybridized carbons (Fsp3) is 0.680. The third-order valence-corrected chi connectivity index (χ3v) is 6.24. The minimum Gasteiger partial charge on any atom is -0.493 e. The van der Waals surface area contributed by atoms with Crippen LogP contribution in [-0.2, 0) is 11.3 Å². The quantitative estimate of drug-likeness (QED) is 0.745. The number of carbonyl (C=O) groups excluding carboxylic acids is 2. The van der Waals surface area contributed by atoms with Crippen molar-refractivity contribution in [1.82, 2.24) is 15.5 Å². The molecule has 0 radical (unpaired) electrons. The van der Waals surface area contributed by atoms with Gasteiger partial charge in [-0.15, -0.1) is 0 Å². The number of fused-ring (bicyclic) bond motifs is 1. The number of hydrogen-bond donors (Lipinski definition) is 2. The van der Waals surface area contributed by atoms with Crippen molar-refractivity contribution in [3.8, 4) is 5.75 Å². The first-order chi connectivity index (χ1) is 15.0. The van der Waals surface area contributed by atoms with Crippen LogP contribution in [0.3, 0.4) is 0 Å². The van der Waals surface area contributed by atoms with Crippen molar-refractivity contribution in [3.63, 3.8) is 0 Å². The summed E-state index contributed by atoms with van der Waals surface area (Å²) < 4.78 is 6.15. The maximum atomic E-state index is 13.2. The van der Waals surface area contributed by atoms with Crippen LogP contribution < -0.4 is 15.4 Å². The molecular weight excluding hydrogens is 390 g/mol. The summed E-state index contributed by atoms with van der Waals surface area (Å²) >= 11 is 0. The number of hydrogen-bond acceptors (Lipinski definition) is 4. The number of nitrogens with zero attached hydrogens (tertiary/aromatic N) is 1. The van der Waals surface area contributed by atoms with Gasteiger partial charge in [-0.1, -0.05) is 32.8 Å². The lowest BCUT2D eigenvalue weighted by atomic mass is 10.0. The zero-order valence-corrected chi connectivity index (χ0v) is 19.3. The molecule has 1 heterocycles. The fourth-order valence-electron chi connectivity index (χ4n) is 4.36. The van der Waals surface area contributed by atoms with Gasteiger partial charge in [0.2, 0.25) is 5.91 Å². The van der Waals surface area contributed by atoms with Gasteiger partial charge < -0.3 is 15.4 Å². The lowest BCUT2D eigenvalue weighted by Crippen LogP contribution is -2.39. The third-order valence-electron chi connectivity index (χ3n) is 6.24. The summed E-state index contributed by atoms with van der Waals surface area (Å²) in [5, 5.41) is 6.27. The van der Waals surface area contributed by atoms with Gasteiger partial charge in [0, 0.05) is 30.3 Å². The Morgan fingerprint density at radius 1 is 1.16 bits per heavy atom. The van der Waals surface area contributed by atoms with Gasteiger partial charge in [-0.25, -0.2) is 0 Å². The number of carbonyl (C=O) groups is 2. The molecule has 0 spiro atoms. The first-order valence-corrected chi connectivity index (χ1v) is 12.1. The van der Waals surface area contributed by atoms with Crippen molar-refractivity contribution in [2.24, 2.45) is 5.92 Å². The Morgan fingerprint density at radius 2 is 1.97 bits per heavy atom. The van der Waals surface area contributed by atoms with E-state index in [1.807, 2.05) is 18.2 Å². The molecule has 31 heavy (non-hydrogen) atoms. The van der Waals surface area contributed by atoms with Crippen LogP contribution in [0.25, 0.3) is 0 Å². The third kappa shape index (κ3) is 7.53. The largest absolute Gasteiger partial charge is 0.493 e. The van der Waals surface area contributed by atoms with Crippen LogP contribution in [0, 0.1) is 5.92 Å². The second kappa shape index (κ2) is 12.1. The van der Waals surface area contributed by atoms with Crippen molar-refractivity contribution in [3.05, 3.63) is 29.3 Å². The maximum Gasteiger partial charge on any atom is 0.251 e. The van der Waals surface area contributed by atoms with Crippen molar-refractivity contribution >= 4 is 11.8 Å². The Balaban J connectivity index is 1.86. The molecule has 1 aromatic carbocycles. The highest BCUT2D eigenvalue weighted by Crippen LogP contribution is 2.26. The second-order valence-corrected chi connectivity index (χ2v) is 9.39. The summed E-state index contributed by atoms with van der Waals surface area (Å²) in [5.74, 6) is 1.35. The van der Waals surface area contributed by atoms with E-state index in [0.29, 0.717) is 37.7 Å². The van der Waals surface area contributed by atoms with Crippen LogP contribution in [0.15, 0.2) is 18.2 Å². The molecule has 0 bridgehead atoms. The smallest absolute Gasteiger partial charge is 0.251 e. The number of ether oxygens (including phenoxy) is 1. The van der Waals surface area contributed by atoms with Crippen molar-refractivity contribution < 1.29 is 14.3 Å². The average Bonchev–Trinajstić information content (AvgIpc) is 3.24. The average molecular weight is 430 g/mol. The lowest BCUT2D eigenvalue weighted by molar-refractivity contribution is -0.122. The fourth-order valence-corrected chi connectivity index (χ4v) is 4.36. The van der Waals surface area contributed by atoms with Gasteiger partial charge in [0.25, 0.3) is 5.91 Å². The van der Waals surface area contributed by atoms with E-state index in [0.717, 1.165) is 56.4 Å². The van der Waals surface area contributed by atoms with E-state index in [2.05, 4.69) is 29.4 Å². The summed E-state index contributed by atoms with van der Waals surface area (Å²) in [6.45, 7) is 7.40. The molecule has 0 unspecified atom stereocenters. The lowest BCUT2D eigenvalue weighted by Gasteiger charge is -2.25. The molecule has 0 atom stereocenters. The monoisotopic (exact) mass is 429 g/mol. The molecular formula is C25H39N3O3. The van der Waals surface area contributed by atoms with Crippen LogP contribution in [0.1, 0.15) is 81.1 Å². The number of nitrogens with one attached hydrogen (secondary N) is 2. The molecule has 2 aliphatic rings. The molecule has 1 saturated carbocycles. The van der Waals surface area contributed by atoms with Gasteiger partial charge >= 0.3 is 0 Å². The number of rotatable bonds is 5. The summed E-state index contributed by atoms with van der Waals surface area (Å²) in [6, 6.07) is 6.03. The molecule has 1 fully saturated rings. The molecule has 1 aliphatic carbocycles. The Hall–Kier alpha value is -2.08. The van der Waals surface area contributed by atoms with Crippen molar-refractivity contribution in [2.45, 2.75) is 77.8 Å². The normalized spacial score (nSPS) is 19.5. The van der Waals surface area contributed by atoms with Crippen LogP contribution >= 0.6 is 0 Å². The molecule has 2 amide bonds. The minimum atomic E-state index is -0.0232. The Morgan fingerprint density at radius 3 is 2.74 bits per heavy atom. The Kier molecular flexibility index (Phi) is 9.19. The predicted molar refractivity (Wildman–Crippen MR) is 123 cm³/mol. The van der Waals surface area contributed by atoms with Crippen LogP contribution in [0.4, 0.5) is 0 Å². The standard InChI is InChI=1S/C25H39N3O3/c1-19(2)13-15-28-17-22-21(25(30)27-20-9-4-5-10-20)11-8-12-23(22)31-16-7-3-6-14-26-24(29)18-28/h8,11-12,19-20H,3-7,9-10,13-18H2,1-2H3,(H,26,29)(H,27,30). The van der Waals surface area contributed by atoms with Gasteiger partial charge in [0.15, 0.2) is 0 Å². The van der Waals surface area contributed by atoms with E-state index < -0.39 is 0 Å². The van der Waals surface area contributed by atoms with Crippen molar-refractivity contribution in [1.29, 1.82) is 0 Å². The first-order valence-electron chi connectivity index (χ1n) is 12.1. The molecule has 6 heteroatoms. The topological polar surface area (TPSA) is 70.7 Å². The van der Waals surface area contributed by atoms with E-state index in [1.165, 1.54) is 12.8 Å². The van der Waals surface area contributed by atoms with E-state index >= 15 is 0 Å². The summed E-state index contributed by atoms with van der Waals surface area (Å²) in [4.78, 5) is 27.9. The Labute approximate surface area is 187 Å². The van der Waals surface area contributed by atoms with Gasteiger partial charge in [-0.3, -0.25) is 14.5 Å². The van der Waals surface area contributed by atoms with Gasteiger partial charge in [0.05, 0.1) is 13.2 Å². The molecule has 2 N–H and O–H groups in total. The zero-order chi connectivity index (χ0) is 22.1. The first kappa shape index (κ1) is 23.6. The summed E-state index contributed by atoms with van der Waals surface area (Å²) in [6.07, 6.45) is 8.37. The van der Waals surface area contributed by atoms with E-state index in [-0.39, 0.29) is 17.9 Å². The minimum absolute atomic E-state index is 0.0232. The van der Waals surface area contributed by atoms with Crippen LogP contribution in [-0.4, -0.2) is 49.0 Å². The molecule has 0 saturated heterocycles. The van der Waals surface area contributed by atoms with Gasteiger partial charge in [-0.2, -0.15) is 0 Å². The zero-order valence-electron chi connectivity index (χ0n) is 19.3. The maximum absolute atomic E-state index is 13.2. The highest BCUT2D eigenvalue weighted by molar-refractivity contribution is 5.96. The highest BCUT2D eigenvalue weighted by Gasteiger charge is 2.23. The molecule has 172 valence electrons. The summed E-state index contributed by atoms with van der Waals surface area (Å²) in [7, 11) is 0.